The van der Waals surface area contributed by atoms with Gasteiger partial charge in [0.1, 0.15) is 12.4 Å². The van der Waals surface area contributed by atoms with Gasteiger partial charge in [0.05, 0.1) is 6.26 Å². The lowest BCUT2D eigenvalue weighted by Crippen LogP contribution is -2.12. The van der Waals surface area contributed by atoms with Gasteiger partial charge in [0.2, 0.25) is 0 Å². The van der Waals surface area contributed by atoms with E-state index in [4.69, 9.17) is 9.15 Å². The first kappa shape index (κ1) is 14.8. The van der Waals surface area contributed by atoms with Crippen LogP contribution in [0.5, 0.6) is 5.75 Å². The lowest BCUT2D eigenvalue weighted by molar-refractivity contribution is 0.0996. The van der Waals surface area contributed by atoms with Crippen LogP contribution in [0, 0.1) is 6.92 Å². The van der Waals surface area contributed by atoms with Crippen LogP contribution < -0.4 is 10.1 Å². The fourth-order valence-corrected chi connectivity index (χ4v) is 2.11. The fraction of sp³-hybridized carbons (Fsp3) is 0.111. The Morgan fingerprint density at radius 1 is 1.26 bits per heavy atom. The van der Waals surface area contributed by atoms with Crippen molar-refractivity contribution in [2.24, 2.45) is 0 Å². The maximum Gasteiger partial charge on any atom is 0.291 e. The van der Waals surface area contributed by atoms with Gasteiger partial charge in [-0.25, -0.2) is 0 Å². The molecule has 3 aromatic rings. The second-order valence-electron chi connectivity index (χ2n) is 5.06. The summed E-state index contributed by atoms with van der Waals surface area (Å²) >= 11 is 0. The number of pyridine rings is 1. The number of carbonyl (C=O) groups is 1. The zero-order chi connectivity index (χ0) is 16.1. The van der Waals surface area contributed by atoms with Gasteiger partial charge < -0.3 is 14.5 Å². The molecule has 0 aliphatic rings. The first-order valence-corrected chi connectivity index (χ1v) is 7.19. The normalized spacial score (nSPS) is 10.3. The van der Waals surface area contributed by atoms with E-state index >= 15 is 0 Å². The number of amides is 1. The van der Waals surface area contributed by atoms with Gasteiger partial charge in [-0.1, -0.05) is 12.1 Å². The Hall–Kier alpha value is -3.08. The Labute approximate surface area is 133 Å². The van der Waals surface area contributed by atoms with Crippen LogP contribution in [0.3, 0.4) is 0 Å². The molecule has 0 unspecified atom stereocenters. The average molecular weight is 308 g/mol. The van der Waals surface area contributed by atoms with E-state index in [0.717, 1.165) is 11.1 Å². The highest BCUT2D eigenvalue weighted by Crippen LogP contribution is 2.20. The first-order chi connectivity index (χ1) is 11.2. The molecule has 2 aromatic heterocycles. The van der Waals surface area contributed by atoms with E-state index in [1.165, 1.54) is 6.26 Å². The molecule has 5 nitrogen and oxygen atoms in total. The number of aromatic nitrogens is 1. The number of benzene rings is 1. The van der Waals surface area contributed by atoms with Crippen molar-refractivity contribution in [3.05, 3.63) is 78.0 Å². The van der Waals surface area contributed by atoms with Crippen molar-refractivity contribution >= 4 is 11.6 Å². The number of rotatable bonds is 5. The maximum atomic E-state index is 12.1. The number of hydrogen-bond donors (Lipinski definition) is 1. The quantitative estimate of drug-likeness (QED) is 0.778. The number of ether oxygens (including phenoxy) is 1. The van der Waals surface area contributed by atoms with E-state index in [1.54, 1.807) is 30.6 Å². The highest BCUT2D eigenvalue weighted by atomic mass is 16.5. The van der Waals surface area contributed by atoms with E-state index in [1.807, 2.05) is 31.2 Å². The molecule has 0 spiro atoms. The number of carbonyl (C=O) groups excluding carboxylic acids is 1. The van der Waals surface area contributed by atoms with Gasteiger partial charge in [-0.3, -0.25) is 9.78 Å². The molecule has 1 aromatic carbocycles. The average Bonchev–Trinajstić information content (AvgIpc) is 3.00. The summed E-state index contributed by atoms with van der Waals surface area (Å²) in [7, 11) is 0. The van der Waals surface area contributed by atoms with Crippen molar-refractivity contribution in [1.29, 1.82) is 0 Å². The van der Waals surface area contributed by atoms with Crippen LogP contribution in [0.2, 0.25) is 0 Å². The first-order valence-electron chi connectivity index (χ1n) is 7.19. The highest BCUT2D eigenvalue weighted by Gasteiger charge is 2.12. The highest BCUT2D eigenvalue weighted by molar-refractivity contribution is 6.03. The molecule has 3 rings (SSSR count). The van der Waals surface area contributed by atoms with Crippen molar-refractivity contribution in [3.63, 3.8) is 0 Å². The molecule has 0 bridgehead atoms. The van der Waals surface area contributed by atoms with Crippen molar-refractivity contribution in [3.8, 4) is 5.75 Å². The summed E-state index contributed by atoms with van der Waals surface area (Å²) in [6.45, 7) is 2.24. The Morgan fingerprint density at radius 3 is 2.91 bits per heavy atom. The molecule has 0 fully saturated rings. The van der Waals surface area contributed by atoms with Gasteiger partial charge in [-0.2, -0.15) is 0 Å². The molecule has 0 saturated carbocycles. The Bertz CT molecular complexity index is 797. The van der Waals surface area contributed by atoms with Crippen LogP contribution >= 0.6 is 0 Å². The summed E-state index contributed by atoms with van der Waals surface area (Å²) in [4.78, 5) is 16.2. The van der Waals surface area contributed by atoms with Crippen LogP contribution in [-0.2, 0) is 6.61 Å². The van der Waals surface area contributed by atoms with Crippen LogP contribution in [0.4, 0.5) is 5.69 Å². The molecule has 2 heterocycles. The van der Waals surface area contributed by atoms with Gasteiger partial charge in [0, 0.05) is 35.3 Å². The van der Waals surface area contributed by atoms with Crippen LogP contribution in [-0.4, -0.2) is 10.9 Å². The van der Waals surface area contributed by atoms with Crippen LogP contribution in [0.25, 0.3) is 0 Å². The van der Waals surface area contributed by atoms with Crippen molar-refractivity contribution in [2.75, 3.05) is 5.32 Å². The molecule has 1 N–H and O–H groups in total. The van der Waals surface area contributed by atoms with E-state index in [2.05, 4.69) is 10.3 Å². The summed E-state index contributed by atoms with van der Waals surface area (Å²) in [6.07, 6.45) is 4.97. The minimum atomic E-state index is -0.281. The molecule has 0 atom stereocenters. The molecular weight excluding hydrogens is 292 g/mol. The van der Waals surface area contributed by atoms with Crippen molar-refractivity contribution in [2.45, 2.75) is 13.5 Å². The molecule has 23 heavy (non-hydrogen) atoms. The lowest BCUT2D eigenvalue weighted by atomic mass is 10.2. The van der Waals surface area contributed by atoms with E-state index in [9.17, 15) is 4.79 Å². The van der Waals surface area contributed by atoms with Crippen LogP contribution in [0.15, 0.2) is 65.5 Å². The van der Waals surface area contributed by atoms with Gasteiger partial charge in [0.25, 0.3) is 5.91 Å². The molecule has 116 valence electrons. The largest absolute Gasteiger partial charge is 0.489 e. The zero-order valence-corrected chi connectivity index (χ0v) is 12.7. The zero-order valence-electron chi connectivity index (χ0n) is 12.7. The predicted octanol–water partition coefficient (Wildman–Crippen LogP) is 3.81. The summed E-state index contributed by atoms with van der Waals surface area (Å²) in [5.74, 6) is 0.700. The summed E-state index contributed by atoms with van der Waals surface area (Å²) in [5.41, 5.74) is 2.43. The van der Waals surface area contributed by atoms with E-state index < -0.39 is 0 Å². The third kappa shape index (κ3) is 3.77. The molecular formula is C18H16N2O3. The molecule has 0 saturated heterocycles. The lowest BCUT2D eigenvalue weighted by Gasteiger charge is -2.09. The standard InChI is InChI=1S/C18H16N2O3/c1-13-7-9-22-17(13)18(21)20-15-5-2-6-16(10-15)23-12-14-4-3-8-19-11-14/h2-11H,12H2,1H3,(H,20,21). The summed E-state index contributed by atoms with van der Waals surface area (Å²) in [5, 5.41) is 2.80. The molecule has 0 aliphatic carbocycles. The fourth-order valence-electron chi connectivity index (χ4n) is 2.11. The monoisotopic (exact) mass is 308 g/mol. The minimum absolute atomic E-state index is 0.281. The minimum Gasteiger partial charge on any atom is -0.489 e. The second-order valence-corrected chi connectivity index (χ2v) is 5.06. The van der Waals surface area contributed by atoms with Gasteiger partial charge in [0.15, 0.2) is 5.76 Å². The van der Waals surface area contributed by atoms with Crippen molar-refractivity contribution < 1.29 is 13.9 Å². The predicted molar refractivity (Wildman–Crippen MR) is 86.4 cm³/mol. The number of aryl methyl sites for hydroxylation is 1. The molecule has 5 heteroatoms. The van der Waals surface area contributed by atoms with E-state index in [-0.39, 0.29) is 5.91 Å². The van der Waals surface area contributed by atoms with Crippen LogP contribution in [0.1, 0.15) is 21.7 Å². The van der Waals surface area contributed by atoms with Gasteiger partial charge in [-0.05, 0) is 31.2 Å². The number of nitrogens with one attached hydrogen (secondary N) is 1. The third-order valence-corrected chi connectivity index (χ3v) is 3.29. The molecule has 1 amide bonds. The van der Waals surface area contributed by atoms with E-state index in [0.29, 0.717) is 23.8 Å². The smallest absolute Gasteiger partial charge is 0.291 e. The molecule has 0 radical (unpaired) electrons. The number of hydrogen-bond acceptors (Lipinski definition) is 4. The SMILES string of the molecule is Cc1ccoc1C(=O)Nc1cccc(OCc2cccnc2)c1. The van der Waals surface area contributed by atoms with Gasteiger partial charge in [-0.15, -0.1) is 0 Å². The van der Waals surface area contributed by atoms with Crippen molar-refractivity contribution in [1.82, 2.24) is 4.98 Å². The number of furan rings is 1. The second kappa shape index (κ2) is 6.79. The Balaban J connectivity index is 1.65. The number of nitrogens with zero attached hydrogens (tertiary/aromatic N) is 1. The molecule has 0 aliphatic heterocycles. The topological polar surface area (TPSA) is 64.4 Å². The third-order valence-electron chi connectivity index (χ3n) is 3.29. The van der Waals surface area contributed by atoms with Gasteiger partial charge >= 0.3 is 0 Å². The maximum absolute atomic E-state index is 12.1. The Morgan fingerprint density at radius 2 is 2.17 bits per heavy atom. The summed E-state index contributed by atoms with van der Waals surface area (Å²) in [6, 6.07) is 12.8. The number of anilines is 1. The Kier molecular flexibility index (Phi) is 4.38. The summed E-state index contributed by atoms with van der Waals surface area (Å²) < 4.78 is 10.9.